The van der Waals surface area contributed by atoms with Gasteiger partial charge in [-0.25, -0.2) is 0 Å². The summed E-state index contributed by atoms with van der Waals surface area (Å²) in [6.07, 6.45) is 2.58. The van der Waals surface area contributed by atoms with Crippen LogP contribution in [0.5, 0.6) is 0 Å². The van der Waals surface area contributed by atoms with Crippen molar-refractivity contribution in [3.05, 3.63) is 29.8 Å². The predicted octanol–water partition coefficient (Wildman–Crippen LogP) is 1.76. The van der Waals surface area contributed by atoms with E-state index >= 15 is 0 Å². The molecule has 0 saturated carbocycles. The van der Waals surface area contributed by atoms with Crippen LogP contribution < -0.4 is 16.0 Å². The van der Waals surface area contributed by atoms with Gasteiger partial charge in [0.1, 0.15) is 0 Å². The van der Waals surface area contributed by atoms with Crippen molar-refractivity contribution in [2.75, 3.05) is 25.5 Å². The van der Waals surface area contributed by atoms with Crippen molar-refractivity contribution in [2.24, 2.45) is 5.41 Å². The van der Waals surface area contributed by atoms with Crippen LogP contribution in [0.15, 0.2) is 24.3 Å². The number of carbonyl (C=O) groups is 2. The minimum absolute atomic E-state index is 0.0826. The molecule has 1 aliphatic rings. The Morgan fingerprint density at radius 2 is 1.81 bits per heavy atom. The number of amides is 2. The average Bonchev–Trinajstić information content (AvgIpc) is 2.55. The molecule has 1 aromatic rings. The first-order valence-electron chi connectivity index (χ1n) is 7.45. The lowest BCUT2D eigenvalue weighted by Crippen LogP contribution is -2.44. The van der Waals surface area contributed by atoms with E-state index in [4.69, 9.17) is 0 Å². The summed E-state index contributed by atoms with van der Waals surface area (Å²) in [6.45, 7) is 3.84. The highest BCUT2D eigenvalue weighted by molar-refractivity contribution is 5.97. The quantitative estimate of drug-likeness (QED) is 0.791. The van der Waals surface area contributed by atoms with Gasteiger partial charge in [0.15, 0.2) is 0 Å². The Bertz CT molecular complexity index is 505. The van der Waals surface area contributed by atoms with Crippen LogP contribution in [0.25, 0.3) is 0 Å². The first-order valence-corrected chi connectivity index (χ1v) is 7.45. The largest absolute Gasteiger partial charge is 0.355 e. The standard InChI is InChI=1S/C16H23N3O2/c1-3-16(8-10-18-11-9-16)15(21)19-13-6-4-12(5-7-13)14(20)17-2/h4-7,18H,3,8-11H2,1-2H3,(H,17,20)(H,19,21). The van der Waals surface area contributed by atoms with E-state index in [0.717, 1.165) is 38.0 Å². The minimum atomic E-state index is -0.273. The van der Waals surface area contributed by atoms with Crippen molar-refractivity contribution in [2.45, 2.75) is 26.2 Å². The molecular weight excluding hydrogens is 266 g/mol. The third-order valence-corrected chi connectivity index (χ3v) is 4.35. The topological polar surface area (TPSA) is 70.2 Å². The number of nitrogens with one attached hydrogen (secondary N) is 3. The third kappa shape index (κ3) is 3.42. The van der Waals surface area contributed by atoms with Gasteiger partial charge in [0, 0.05) is 18.3 Å². The second kappa shape index (κ2) is 6.72. The maximum atomic E-state index is 12.6. The molecule has 1 saturated heterocycles. The van der Waals surface area contributed by atoms with Gasteiger partial charge < -0.3 is 16.0 Å². The molecule has 21 heavy (non-hydrogen) atoms. The summed E-state index contributed by atoms with van der Waals surface area (Å²) in [6, 6.07) is 6.98. The van der Waals surface area contributed by atoms with Gasteiger partial charge in [-0.1, -0.05) is 6.92 Å². The summed E-state index contributed by atoms with van der Waals surface area (Å²) in [5.74, 6) is -0.0459. The molecule has 2 rings (SSSR count). The van der Waals surface area contributed by atoms with E-state index < -0.39 is 0 Å². The van der Waals surface area contributed by atoms with E-state index in [-0.39, 0.29) is 17.2 Å². The van der Waals surface area contributed by atoms with E-state index in [1.807, 2.05) is 0 Å². The zero-order chi connectivity index (χ0) is 15.3. The molecular formula is C16H23N3O2. The van der Waals surface area contributed by atoms with Crippen molar-refractivity contribution in [1.29, 1.82) is 0 Å². The summed E-state index contributed by atoms with van der Waals surface area (Å²) < 4.78 is 0. The van der Waals surface area contributed by atoms with E-state index in [1.165, 1.54) is 0 Å². The number of carbonyl (C=O) groups excluding carboxylic acids is 2. The Kier molecular flexibility index (Phi) is 4.96. The number of hydrogen-bond donors (Lipinski definition) is 3. The van der Waals surface area contributed by atoms with Crippen LogP contribution >= 0.6 is 0 Å². The molecule has 1 fully saturated rings. The third-order valence-electron chi connectivity index (χ3n) is 4.35. The van der Waals surface area contributed by atoms with Crippen molar-refractivity contribution in [3.63, 3.8) is 0 Å². The van der Waals surface area contributed by atoms with Gasteiger partial charge in [-0.3, -0.25) is 9.59 Å². The number of hydrogen-bond acceptors (Lipinski definition) is 3. The van der Waals surface area contributed by atoms with Crippen LogP contribution in [0, 0.1) is 5.41 Å². The lowest BCUT2D eigenvalue weighted by atomic mass is 9.76. The van der Waals surface area contributed by atoms with Gasteiger partial charge in [-0.2, -0.15) is 0 Å². The Morgan fingerprint density at radius 1 is 1.19 bits per heavy atom. The Balaban J connectivity index is 2.06. The molecule has 114 valence electrons. The summed E-state index contributed by atoms with van der Waals surface area (Å²) in [5.41, 5.74) is 1.05. The van der Waals surface area contributed by atoms with E-state index in [2.05, 4.69) is 22.9 Å². The molecule has 0 aliphatic carbocycles. The van der Waals surface area contributed by atoms with Crippen molar-refractivity contribution in [3.8, 4) is 0 Å². The van der Waals surface area contributed by atoms with Gasteiger partial charge in [-0.15, -0.1) is 0 Å². The Morgan fingerprint density at radius 3 is 2.33 bits per heavy atom. The second-order valence-corrected chi connectivity index (χ2v) is 5.49. The molecule has 0 bridgehead atoms. The molecule has 0 unspecified atom stereocenters. The van der Waals surface area contributed by atoms with E-state index in [0.29, 0.717) is 5.56 Å². The smallest absolute Gasteiger partial charge is 0.251 e. The van der Waals surface area contributed by atoms with Gasteiger partial charge in [0.2, 0.25) is 5.91 Å². The van der Waals surface area contributed by atoms with Gasteiger partial charge in [0.25, 0.3) is 5.91 Å². The van der Waals surface area contributed by atoms with Crippen LogP contribution in [0.1, 0.15) is 36.5 Å². The van der Waals surface area contributed by atoms with Crippen LogP contribution in [0.2, 0.25) is 0 Å². The lowest BCUT2D eigenvalue weighted by Gasteiger charge is -2.35. The maximum absolute atomic E-state index is 12.6. The van der Waals surface area contributed by atoms with Crippen molar-refractivity contribution >= 4 is 17.5 Å². The molecule has 0 spiro atoms. The molecule has 1 aliphatic heterocycles. The monoisotopic (exact) mass is 289 g/mol. The van der Waals surface area contributed by atoms with Crippen molar-refractivity contribution in [1.82, 2.24) is 10.6 Å². The molecule has 0 aromatic heterocycles. The van der Waals surface area contributed by atoms with Gasteiger partial charge in [0.05, 0.1) is 5.41 Å². The summed E-state index contributed by atoms with van der Waals surface area (Å²) in [7, 11) is 1.60. The molecule has 0 atom stereocenters. The number of rotatable bonds is 4. The minimum Gasteiger partial charge on any atom is -0.355 e. The highest BCUT2D eigenvalue weighted by Crippen LogP contribution is 2.33. The number of benzene rings is 1. The van der Waals surface area contributed by atoms with Crippen LogP contribution in [-0.4, -0.2) is 32.0 Å². The molecule has 3 N–H and O–H groups in total. The zero-order valence-electron chi connectivity index (χ0n) is 12.7. The lowest BCUT2D eigenvalue weighted by molar-refractivity contribution is -0.127. The van der Waals surface area contributed by atoms with Gasteiger partial charge >= 0.3 is 0 Å². The van der Waals surface area contributed by atoms with Crippen LogP contribution in [-0.2, 0) is 4.79 Å². The van der Waals surface area contributed by atoms with Crippen LogP contribution in [0.3, 0.4) is 0 Å². The van der Waals surface area contributed by atoms with E-state index in [1.54, 1.807) is 31.3 Å². The first-order chi connectivity index (χ1) is 10.1. The second-order valence-electron chi connectivity index (χ2n) is 5.49. The SMILES string of the molecule is CCC1(C(=O)Nc2ccc(C(=O)NC)cc2)CCNCC1. The summed E-state index contributed by atoms with van der Waals surface area (Å²) in [4.78, 5) is 24.1. The normalized spacial score (nSPS) is 17.0. The zero-order valence-corrected chi connectivity index (χ0v) is 12.7. The average molecular weight is 289 g/mol. The highest BCUT2D eigenvalue weighted by Gasteiger charge is 2.37. The fourth-order valence-corrected chi connectivity index (χ4v) is 2.76. The molecule has 5 nitrogen and oxygen atoms in total. The Hall–Kier alpha value is -1.88. The highest BCUT2D eigenvalue weighted by atomic mass is 16.2. The number of anilines is 1. The molecule has 0 radical (unpaired) electrons. The summed E-state index contributed by atoms with van der Waals surface area (Å²) >= 11 is 0. The predicted molar refractivity (Wildman–Crippen MR) is 83.3 cm³/mol. The summed E-state index contributed by atoms with van der Waals surface area (Å²) in [5, 5.41) is 8.86. The molecule has 1 aromatic carbocycles. The maximum Gasteiger partial charge on any atom is 0.251 e. The first kappa shape index (κ1) is 15.5. The fraction of sp³-hybridized carbons (Fsp3) is 0.500. The molecule has 2 amide bonds. The van der Waals surface area contributed by atoms with Crippen molar-refractivity contribution < 1.29 is 9.59 Å². The van der Waals surface area contributed by atoms with Gasteiger partial charge in [-0.05, 0) is 56.6 Å². The Labute approximate surface area is 125 Å². The van der Waals surface area contributed by atoms with E-state index in [9.17, 15) is 9.59 Å². The molecule has 5 heteroatoms. The fourth-order valence-electron chi connectivity index (χ4n) is 2.76. The van der Waals surface area contributed by atoms with Crippen LogP contribution in [0.4, 0.5) is 5.69 Å². The number of piperidine rings is 1. The molecule has 1 heterocycles.